The number of rotatable bonds is 19. The highest BCUT2D eigenvalue weighted by Gasteiger charge is 2.38. The normalized spacial score (nSPS) is 13.7. The molecular weight excluding hydrogens is 577 g/mol. The van der Waals surface area contributed by atoms with E-state index in [4.69, 9.17) is 25.8 Å². The molecule has 0 fully saturated rings. The largest absolute Gasteiger partial charge is 0.490 e. The van der Waals surface area contributed by atoms with Crippen molar-refractivity contribution < 1.29 is 67.2 Å². The van der Waals surface area contributed by atoms with Crippen LogP contribution in [-0.2, 0) is 33.6 Å². The van der Waals surface area contributed by atoms with Crippen molar-refractivity contribution in [3.05, 3.63) is 0 Å². The fourth-order valence-electron chi connectivity index (χ4n) is 3.09. The van der Waals surface area contributed by atoms with Crippen molar-refractivity contribution in [1.82, 2.24) is 16.0 Å². The van der Waals surface area contributed by atoms with Gasteiger partial charge < -0.3 is 42.1 Å². The summed E-state index contributed by atoms with van der Waals surface area (Å²) >= 11 is 0. The fraction of sp³-hybridized carbons (Fsp3) is 0.708. The first-order chi connectivity index (χ1) is 19.3. The molecule has 0 heterocycles. The summed E-state index contributed by atoms with van der Waals surface area (Å²) in [5, 5.41) is 41.4. The molecule has 0 spiro atoms. The van der Waals surface area contributed by atoms with Gasteiger partial charge in [-0.15, -0.1) is 0 Å². The summed E-state index contributed by atoms with van der Waals surface area (Å²) in [4.78, 5) is 79.1. The van der Waals surface area contributed by atoms with Crippen LogP contribution in [-0.4, -0.2) is 92.4 Å². The summed E-state index contributed by atoms with van der Waals surface area (Å²) in [6.07, 6.45) is -1.83. The molecule has 42 heavy (non-hydrogen) atoms. The molecule has 0 aromatic carbocycles. The van der Waals surface area contributed by atoms with Crippen LogP contribution in [0.25, 0.3) is 0 Å². The molecule has 0 saturated heterocycles. The van der Waals surface area contributed by atoms with Crippen LogP contribution in [0.4, 0.5) is 13.2 Å². The molecule has 0 unspecified atom stereocenters. The lowest BCUT2D eigenvalue weighted by Crippen LogP contribution is -2.51. The Labute approximate surface area is 239 Å². The molecule has 15 nitrogen and oxygen atoms in total. The monoisotopic (exact) mass is 616 g/mol. The number of carboxylic acid groups (broad SMARTS) is 4. The molecule has 0 saturated carbocycles. The number of carbonyl (C=O) groups excluding carboxylic acids is 3. The van der Waals surface area contributed by atoms with Crippen LogP contribution in [0.2, 0.25) is 0 Å². The number of nitrogens with two attached hydrogens (primary N) is 1. The molecular formula is C24H39F3N4O11. The Bertz CT molecular complexity index is 932. The first kappa shape index (κ1) is 40.2. The van der Waals surface area contributed by atoms with Crippen molar-refractivity contribution >= 4 is 41.6 Å². The van der Waals surface area contributed by atoms with Crippen molar-refractivity contribution in [2.24, 2.45) is 5.73 Å². The molecule has 0 rings (SSSR count). The second kappa shape index (κ2) is 20.8. The van der Waals surface area contributed by atoms with Gasteiger partial charge in [0.2, 0.25) is 17.7 Å². The first-order valence-electron chi connectivity index (χ1n) is 13.0. The number of nitrogens with one attached hydrogen (secondary N) is 3. The van der Waals surface area contributed by atoms with E-state index in [2.05, 4.69) is 16.0 Å². The predicted molar refractivity (Wildman–Crippen MR) is 138 cm³/mol. The van der Waals surface area contributed by atoms with Crippen molar-refractivity contribution in [3.63, 3.8) is 0 Å². The lowest BCUT2D eigenvalue weighted by atomic mass is 10.0. The first-order valence-corrected chi connectivity index (χ1v) is 13.0. The maximum Gasteiger partial charge on any atom is 0.490 e. The summed E-state index contributed by atoms with van der Waals surface area (Å²) in [6, 6.07) is -4.85. The minimum absolute atomic E-state index is 0.0122. The van der Waals surface area contributed by atoms with Crippen LogP contribution in [0.1, 0.15) is 78.1 Å². The van der Waals surface area contributed by atoms with Gasteiger partial charge in [-0.1, -0.05) is 26.2 Å². The molecule has 242 valence electrons. The second-order valence-corrected chi connectivity index (χ2v) is 9.17. The van der Waals surface area contributed by atoms with Crippen LogP contribution in [0.15, 0.2) is 0 Å². The summed E-state index contributed by atoms with van der Waals surface area (Å²) < 4.78 is 31.7. The zero-order chi connectivity index (χ0) is 33.0. The molecule has 0 radical (unpaired) electrons. The van der Waals surface area contributed by atoms with E-state index in [-0.39, 0.29) is 38.5 Å². The van der Waals surface area contributed by atoms with Crippen LogP contribution < -0.4 is 21.7 Å². The molecule has 18 heteroatoms. The van der Waals surface area contributed by atoms with Gasteiger partial charge in [0.15, 0.2) is 0 Å². The number of hydrogen-bond acceptors (Lipinski definition) is 8. The minimum Gasteiger partial charge on any atom is -0.480 e. The number of halogens is 3. The van der Waals surface area contributed by atoms with Gasteiger partial charge in [-0.05, 0) is 39.0 Å². The smallest absolute Gasteiger partial charge is 0.480 e. The Morgan fingerprint density at radius 1 is 0.690 bits per heavy atom. The lowest BCUT2D eigenvalue weighted by Gasteiger charge is -2.21. The average molecular weight is 617 g/mol. The summed E-state index contributed by atoms with van der Waals surface area (Å²) in [5.74, 6) is -8.46. The molecule has 0 aromatic heterocycles. The van der Waals surface area contributed by atoms with Gasteiger partial charge in [-0.2, -0.15) is 13.2 Å². The van der Waals surface area contributed by atoms with E-state index < -0.39 is 71.9 Å². The van der Waals surface area contributed by atoms with E-state index in [9.17, 15) is 47.0 Å². The molecule has 0 bridgehead atoms. The van der Waals surface area contributed by atoms with E-state index in [1.54, 1.807) is 0 Å². The summed E-state index contributed by atoms with van der Waals surface area (Å²) in [7, 11) is 0. The van der Waals surface area contributed by atoms with Crippen molar-refractivity contribution in [2.45, 2.75) is 108 Å². The Balaban J connectivity index is 0. The van der Waals surface area contributed by atoms with E-state index in [1.165, 1.54) is 6.92 Å². The van der Waals surface area contributed by atoms with Crippen molar-refractivity contribution in [3.8, 4) is 0 Å². The predicted octanol–water partition coefficient (Wildman–Crippen LogP) is 0.596. The van der Waals surface area contributed by atoms with E-state index in [1.807, 2.05) is 6.92 Å². The Kier molecular flexibility index (Phi) is 19.9. The van der Waals surface area contributed by atoms with E-state index in [0.29, 0.717) is 6.42 Å². The number of alkyl halides is 3. The average Bonchev–Trinajstić information content (AvgIpc) is 2.87. The molecule has 0 aliphatic rings. The van der Waals surface area contributed by atoms with Crippen LogP contribution in [0.3, 0.4) is 0 Å². The highest BCUT2D eigenvalue weighted by atomic mass is 19.4. The SMILES string of the molecule is CCCCCCC(=O)N[C@H](CCC(=O)N[C@@H](CCC[C@@H](N)C(=O)O)C(=O)N[C@H](C)C(=O)O)C(=O)O.O=C(O)C(F)(F)F. The molecule has 0 aliphatic heterocycles. The van der Waals surface area contributed by atoms with Crippen molar-refractivity contribution in [2.75, 3.05) is 0 Å². The topological polar surface area (TPSA) is 263 Å². The number of hydrogen-bond donors (Lipinski definition) is 8. The number of carboxylic acids is 4. The fourth-order valence-corrected chi connectivity index (χ4v) is 3.09. The van der Waals surface area contributed by atoms with Gasteiger partial charge in [-0.25, -0.2) is 9.59 Å². The third kappa shape index (κ3) is 20.0. The summed E-state index contributed by atoms with van der Waals surface area (Å²) in [6.45, 7) is 3.26. The van der Waals surface area contributed by atoms with Crippen LogP contribution >= 0.6 is 0 Å². The third-order valence-corrected chi connectivity index (χ3v) is 5.50. The van der Waals surface area contributed by atoms with Crippen molar-refractivity contribution in [1.29, 1.82) is 0 Å². The minimum atomic E-state index is -5.08. The zero-order valence-electron chi connectivity index (χ0n) is 23.2. The lowest BCUT2D eigenvalue weighted by molar-refractivity contribution is -0.192. The maximum absolute atomic E-state index is 12.5. The molecule has 0 aromatic rings. The van der Waals surface area contributed by atoms with Gasteiger partial charge in [0.25, 0.3) is 0 Å². The maximum atomic E-state index is 12.5. The molecule has 0 aliphatic carbocycles. The Morgan fingerprint density at radius 3 is 1.67 bits per heavy atom. The highest BCUT2D eigenvalue weighted by Crippen LogP contribution is 2.13. The zero-order valence-corrected chi connectivity index (χ0v) is 23.2. The number of carbonyl (C=O) groups is 7. The standard InChI is InChI=1S/C22H38N4O9.C2HF3O2/c1-3-4-5-6-10-17(27)26-16(22(34)35)11-12-18(28)25-15(9-7-8-14(23)21(32)33)19(29)24-13(2)20(30)31;3-2(4,5)1(6)7/h13-16H,3-12,23H2,1-2H3,(H,24,29)(H,25,28)(H,26,27)(H,30,31)(H,32,33)(H,34,35);(H,6,7)/t13-,14-,15+,16-;/m1./s1. The van der Waals surface area contributed by atoms with E-state index >= 15 is 0 Å². The summed E-state index contributed by atoms with van der Waals surface area (Å²) in [5.41, 5.74) is 5.44. The van der Waals surface area contributed by atoms with Gasteiger partial charge in [0.05, 0.1) is 0 Å². The number of unbranched alkanes of at least 4 members (excludes halogenated alkanes) is 3. The Hall–Kier alpha value is -3.96. The third-order valence-electron chi connectivity index (χ3n) is 5.50. The molecule has 3 amide bonds. The van der Waals surface area contributed by atoms with Gasteiger partial charge >= 0.3 is 30.1 Å². The van der Waals surface area contributed by atoms with E-state index in [0.717, 1.165) is 19.3 Å². The molecule has 9 N–H and O–H groups in total. The number of amides is 3. The Morgan fingerprint density at radius 2 is 1.21 bits per heavy atom. The molecule has 4 atom stereocenters. The van der Waals surface area contributed by atoms with Gasteiger partial charge in [0, 0.05) is 12.8 Å². The highest BCUT2D eigenvalue weighted by molar-refractivity contribution is 5.90. The number of aliphatic carboxylic acids is 4. The van der Waals surface area contributed by atoms with Crippen LogP contribution in [0.5, 0.6) is 0 Å². The van der Waals surface area contributed by atoms with Crippen LogP contribution in [0, 0.1) is 0 Å². The van der Waals surface area contributed by atoms with Gasteiger partial charge in [-0.3, -0.25) is 24.0 Å². The van der Waals surface area contributed by atoms with Gasteiger partial charge in [0.1, 0.15) is 24.2 Å². The quantitative estimate of drug-likeness (QED) is 0.0928. The second-order valence-electron chi connectivity index (χ2n) is 9.17.